The number of amides is 3. The Labute approximate surface area is 174 Å². The van der Waals surface area contributed by atoms with Gasteiger partial charge in [0.1, 0.15) is 11.6 Å². The molecule has 5 aliphatic rings. The topological polar surface area (TPSA) is 61.9 Å². The Morgan fingerprint density at radius 3 is 2.69 bits per heavy atom. The Morgan fingerprint density at radius 1 is 1.28 bits per heavy atom. The lowest BCUT2D eigenvalue weighted by Crippen LogP contribution is -2.84. The maximum atomic E-state index is 13.4. The van der Waals surface area contributed by atoms with E-state index in [1.807, 2.05) is 9.80 Å². The van der Waals surface area contributed by atoms with E-state index in [9.17, 15) is 14.0 Å². The molecule has 29 heavy (non-hydrogen) atoms. The second-order valence-corrected chi connectivity index (χ2v) is 9.53. The van der Waals surface area contributed by atoms with Crippen molar-refractivity contribution in [2.45, 2.75) is 49.6 Å². The van der Waals surface area contributed by atoms with Gasteiger partial charge in [0.05, 0.1) is 10.6 Å². The summed E-state index contributed by atoms with van der Waals surface area (Å²) in [5, 5.41) is 3.06. The van der Waals surface area contributed by atoms with Gasteiger partial charge in [0, 0.05) is 31.2 Å². The predicted octanol–water partition coefficient (Wildman–Crippen LogP) is 3.19. The summed E-state index contributed by atoms with van der Waals surface area (Å²) in [5.74, 6) is 0.151. The van der Waals surface area contributed by atoms with E-state index in [4.69, 9.17) is 16.3 Å². The number of carbonyl (C=O) groups is 2. The van der Waals surface area contributed by atoms with Crippen molar-refractivity contribution in [3.63, 3.8) is 0 Å². The van der Waals surface area contributed by atoms with Gasteiger partial charge >= 0.3 is 6.03 Å². The van der Waals surface area contributed by atoms with Gasteiger partial charge in [-0.3, -0.25) is 4.79 Å². The third-order valence-electron chi connectivity index (χ3n) is 7.04. The summed E-state index contributed by atoms with van der Waals surface area (Å²) in [6, 6.07) is 4.27. The summed E-state index contributed by atoms with van der Waals surface area (Å²) in [6.07, 6.45) is 6.21. The van der Waals surface area contributed by atoms with Gasteiger partial charge in [-0.15, -0.1) is 0 Å². The first kappa shape index (κ1) is 19.0. The molecular formula is C21H25ClFN3O3. The van der Waals surface area contributed by atoms with Gasteiger partial charge in [0.2, 0.25) is 0 Å². The van der Waals surface area contributed by atoms with Crippen LogP contribution < -0.4 is 10.1 Å². The molecule has 1 saturated heterocycles. The fourth-order valence-electron chi connectivity index (χ4n) is 5.38. The van der Waals surface area contributed by atoms with Crippen molar-refractivity contribution in [3.8, 4) is 5.75 Å². The number of ether oxygens (including phenoxy) is 1. The maximum Gasteiger partial charge on any atom is 0.320 e. The molecule has 0 atom stereocenters. The lowest BCUT2D eigenvalue weighted by atomic mass is 9.43. The Bertz CT molecular complexity index is 840. The van der Waals surface area contributed by atoms with Crippen molar-refractivity contribution < 1.29 is 18.7 Å². The zero-order chi connectivity index (χ0) is 20.2. The van der Waals surface area contributed by atoms with Crippen LogP contribution in [0.3, 0.4) is 0 Å². The van der Waals surface area contributed by atoms with Crippen molar-refractivity contribution in [2.75, 3.05) is 26.2 Å². The minimum absolute atomic E-state index is 0.0173. The van der Waals surface area contributed by atoms with Crippen LogP contribution in [0.15, 0.2) is 18.2 Å². The molecular weight excluding hydrogens is 397 g/mol. The molecule has 1 aromatic carbocycles. The Kier molecular flexibility index (Phi) is 4.42. The molecule has 8 heteroatoms. The van der Waals surface area contributed by atoms with Gasteiger partial charge in [-0.05, 0) is 50.2 Å². The van der Waals surface area contributed by atoms with Crippen LogP contribution in [0, 0.1) is 11.7 Å². The second kappa shape index (κ2) is 6.76. The molecule has 0 radical (unpaired) electrons. The standard InChI is InChI=1S/C21H25ClFN3O3/c22-16-5-4-15(8-17(16)23)29-10-18(27)24-20-11-21(12-20,13-20)26-7-6-25(19(26)28)9-14-2-1-3-14/h4-5,8,14H,1-3,6-7,9-13H2,(H,24,27). The SMILES string of the molecule is O=C(COc1ccc(Cl)c(F)c1)NC12CC(N3CCN(CC4CCC4)C3=O)(C1)C2. The first-order valence-corrected chi connectivity index (χ1v) is 10.7. The monoisotopic (exact) mass is 421 g/mol. The molecule has 1 aromatic rings. The van der Waals surface area contributed by atoms with Crippen LogP contribution in [0.5, 0.6) is 5.75 Å². The molecule has 2 bridgehead atoms. The number of rotatable bonds is 7. The molecule has 4 aliphatic carbocycles. The first-order valence-electron chi connectivity index (χ1n) is 10.3. The quantitative estimate of drug-likeness (QED) is 0.735. The smallest absolute Gasteiger partial charge is 0.320 e. The lowest BCUT2D eigenvalue weighted by molar-refractivity contribution is -0.166. The Morgan fingerprint density at radius 2 is 2.03 bits per heavy atom. The highest BCUT2D eigenvalue weighted by Gasteiger charge is 2.72. The predicted molar refractivity (Wildman–Crippen MR) is 105 cm³/mol. The molecule has 0 unspecified atom stereocenters. The Balaban J connectivity index is 1.09. The van der Waals surface area contributed by atoms with Gasteiger partial charge in [-0.1, -0.05) is 18.0 Å². The van der Waals surface area contributed by atoms with Gasteiger partial charge in [0.25, 0.3) is 5.91 Å². The van der Waals surface area contributed by atoms with E-state index < -0.39 is 5.82 Å². The van der Waals surface area contributed by atoms with E-state index >= 15 is 0 Å². The minimum Gasteiger partial charge on any atom is -0.484 e. The molecule has 0 spiro atoms. The molecule has 3 amide bonds. The van der Waals surface area contributed by atoms with Crippen molar-refractivity contribution in [1.82, 2.24) is 15.1 Å². The molecule has 0 aromatic heterocycles. The van der Waals surface area contributed by atoms with Crippen LogP contribution in [0.4, 0.5) is 9.18 Å². The first-order chi connectivity index (χ1) is 13.9. The number of hydrogen-bond donors (Lipinski definition) is 1. The van der Waals surface area contributed by atoms with E-state index in [-0.39, 0.29) is 40.4 Å². The number of hydrogen-bond acceptors (Lipinski definition) is 3. The summed E-state index contributed by atoms with van der Waals surface area (Å²) < 4.78 is 18.8. The van der Waals surface area contributed by atoms with Crippen LogP contribution in [-0.2, 0) is 4.79 Å². The number of carbonyl (C=O) groups excluding carboxylic acids is 2. The number of nitrogens with zero attached hydrogens (tertiary/aromatic N) is 2. The lowest BCUT2D eigenvalue weighted by Gasteiger charge is -2.72. The van der Waals surface area contributed by atoms with Crippen molar-refractivity contribution in [3.05, 3.63) is 29.0 Å². The number of urea groups is 1. The summed E-state index contributed by atoms with van der Waals surface area (Å²) in [5.41, 5.74) is -0.285. The minimum atomic E-state index is -0.576. The van der Waals surface area contributed by atoms with Gasteiger partial charge in [0.15, 0.2) is 6.61 Å². The molecule has 1 aliphatic heterocycles. The summed E-state index contributed by atoms with van der Waals surface area (Å²) in [4.78, 5) is 29.1. The fraction of sp³-hybridized carbons (Fsp3) is 0.619. The van der Waals surface area contributed by atoms with E-state index in [1.54, 1.807) is 0 Å². The van der Waals surface area contributed by atoms with E-state index in [1.165, 1.54) is 37.5 Å². The van der Waals surface area contributed by atoms with Crippen LogP contribution >= 0.6 is 11.6 Å². The Hall–Kier alpha value is -2.02. The second-order valence-electron chi connectivity index (χ2n) is 9.12. The number of benzene rings is 1. The zero-order valence-electron chi connectivity index (χ0n) is 16.3. The molecule has 1 N–H and O–H groups in total. The highest BCUT2D eigenvalue weighted by atomic mass is 35.5. The molecule has 5 fully saturated rings. The van der Waals surface area contributed by atoms with Crippen LogP contribution in [0.25, 0.3) is 0 Å². The number of halogens is 2. The molecule has 6 nitrogen and oxygen atoms in total. The zero-order valence-corrected chi connectivity index (χ0v) is 17.0. The molecule has 156 valence electrons. The highest BCUT2D eigenvalue weighted by molar-refractivity contribution is 6.30. The third kappa shape index (κ3) is 3.23. The summed E-state index contributed by atoms with van der Waals surface area (Å²) in [6.45, 7) is 2.34. The van der Waals surface area contributed by atoms with Crippen LogP contribution in [0.2, 0.25) is 5.02 Å². The van der Waals surface area contributed by atoms with Crippen LogP contribution in [-0.4, -0.2) is 59.1 Å². The highest BCUT2D eigenvalue weighted by Crippen LogP contribution is 2.64. The van der Waals surface area contributed by atoms with E-state index in [2.05, 4.69) is 5.32 Å². The number of nitrogens with one attached hydrogen (secondary N) is 1. The van der Waals surface area contributed by atoms with Gasteiger partial charge in [-0.2, -0.15) is 0 Å². The molecule has 4 saturated carbocycles. The fourth-order valence-corrected chi connectivity index (χ4v) is 5.50. The third-order valence-corrected chi connectivity index (χ3v) is 7.35. The molecule has 1 heterocycles. The normalized spacial score (nSPS) is 30.5. The van der Waals surface area contributed by atoms with Crippen molar-refractivity contribution >= 4 is 23.5 Å². The van der Waals surface area contributed by atoms with Crippen molar-refractivity contribution in [1.29, 1.82) is 0 Å². The van der Waals surface area contributed by atoms with Crippen LogP contribution in [0.1, 0.15) is 38.5 Å². The largest absolute Gasteiger partial charge is 0.484 e. The average Bonchev–Trinajstić information content (AvgIpc) is 2.95. The molecule has 6 rings (SSSR count). The van der Waals surface area contributed by atoms with E-state index in [0.29, 0.717) is 5.92 Å². The van der Waals surface area contributed by atoms with E-state index in [0.717, 1.165) is 38.9 Å². The van der Waals surface area contributed by atoms with Gasteiger partial charge in [-0.25, -0.2) is 9.18 Å². The van der Waals surface area contributed by atoms with Gasteiger partial charge < -0.3 is 19.9 Å². The summed E-state index contributed by atoms with van der Waals surface area (Å²) in [7, 11) is 0. The van der Waals surface area contributed by atoms with Crippen molar-refractivity contribution in [2.24, 2.45) is 5.92 Å². The summed E-state index contributed by atoms with van der Waals surface area (Å²) >= 11 is 5.64. The maximum absolute atomic E-state index is 13.4. The average molecular weight is 422 g/mol.